The van der Waals surface area contributed by atoms with Crippen LogP contribution < -0.4 is 10.6 Å². The first kappa shape index (κ1) is 18.7. The Labute approximate surface area is 148 Å². The van der Waals surface area contributed by atoms with Gasteiger partial charge in [-0.2, -0.15) is 0 Å². The van der Waals surface area contributed by atoms with Gasteiger partial charge in [0.1, 0.15) is 0 Å². The molecule has 24 heavy (non-hydrogen) atoms. The van der Waals surface area contributed by atoms with Gasteiger partial charge in [-0.25, -0.2) is 4.79 Å². The van der Waals surface area contributed by atoms with E-state index in [0.29, 0.717) is 13.0 Å². The SMILES string of the molecule is CNC(=O)NC(=O)CCN1CCCN(Cc2ccc(Cl)cc2)CC1. The van der Waals surface area contributed by atoms with Gasteiger partial charge in [0.2, 0.25) is 5.91 Å². The lowest BCUT2D eigenvalue weighted by Crippen LogP contribution is -2.39. The predicted molar refractivity (Wildman–Crippen MR) is 95.0 cm³/mol. The number of halogens is 1. The predicted octanol–water partition coefficient (Wildman–Crippen LogP) is 1.69. The Balaban J connectivity index is 1.73. The molecule has 7 heteroatoms. The molecule has 132 valence electrons. The molecule has 0 aliphatic carbocycles. The van der Waals surface area contributed by atoms with Gasteiger partial charge in [0.15, 0.2) is 0 Å². The zero-order chi connectivity index (χ0) is 17.4. The molecule has 1 fully saturated rings. The molecular weight excluding hydrogens is 328 g/mol. The summed E-state index contributed by atoms with van der Waals surface area (Å²) in [5, 5.41) is 5.43. The van der Waals surface area contributed by atoms with Gasteiger partial charge < -0.3 is 10.2 Å². The molecule has 1 aromatic carbocycles. The summed E-state index contributed by atoms with van der Waals surface area (Å²) in [6.07, 6.45) is 1.41. The number of nitrogens with one attached hydrogen (secondary N) is 2. The van der Waals surface area contributed by atoms with Gasteiger partial charge in [0, 0.05) is 44.7 Å². The van der Waals surface area contributed by atoms with Crippen molar-refractivity contribution in [2.75, 3.05) is 39.8 Å². The van der Waals surface area contributed by atoms with Gasteiger partial charge in [-0.05, 0) is 37.2 Å². The van der Waals surface area contributed by atoms with Crippen LogP contribution in [0.1, 0.15) is 18.4 Å². The molecule has 0 saturated carbocycles. The van der Waals surface area contributed by atoms with Gasteiger partial charge in [0.05, 0.1) is 0 Å². The Bertz CT molecular complexity index is 550. The number of nitrogens with zero attached hydrogens (tertiary/aromatic N) is 2. The van der Waals surface area contributed by atoms with Crippen LogP contribution in [0.15, 0.2) is 24.3 Å². The van der Waals surface area contributed by atoms with E-state index in [1.165, 1.54) is 12.6 Å². The van der Waals surface area contributed by atoms with Crippen molar-refractivity contribution in [2.45, 2.75) is 19.4 Å². The monoisotopic (exact) mass is 352 g/mol. The highest BCUT2D eigenvalue weighted by Gasteiger charge is 2.16. The van der Waals surface area contributed by atoms with Crippen LogP contribution in [-0.4, -0.2) is 61.5 Å². The maximum Gasteiger partial charge on any atom is 0.321 e. The van der Waals surface area contributed by atoms with Crippen LogP contribution in [0.25, 0.3) is 0 Å². The minimum Gasteiger partial charge on any atom is -0.341 e. The lowest BCUT2D eigenvalue weighted by atomic mass is 10.2. The fourth-order valence-corrected chi connectivity index (χ4v) is 2.89. The molecule has 0 bridgehead atoms. The summed E-state index contributed by atoms with van der Waals surface area (Å²) in [7, 11) is 1.49. The molecule has 3 amide bonds. The van der Waals surface area contributed by atoms with E-state index in [9.17, 15) is 9.59 Å². The Morgan fingerprint density at radius 3 is 2.46 bits per heavy atom. The normalized spacial score (nSPS) is 16.4. The molecule has 1 heterocycles. The number of rotatable bonds is 5. The number of hydrogen-bond donors (Lipinski definition) is 2. The number of carbonyl (C=O) groups excluding carboxylic acids is 2. The van der Waals surface area contributed by atoms with Gasteiger partial charge in [-0.1, -0.05) is 23.7 Å². The first-order chi connectivity index (χ1) is 11.6. The van der Waals surface area contributed by atoms with Gasteiger partial charge in [0.25, 0.3) is 0 Å². The third-order valence-corrected chi connectivity index (χ3v) is 4.39. The quantitative estimate of drug-likeness (QED) is 0.846. The average molecular weight is 353 g/mol. The van der Waals surface area contributed by atoms with Gasteiger partial charge >= 0.3 is 6.03 Å². The van der Waals surface area contributed by atoms with Crippen molar-refractivity contribution >= 4 is 23.5 Å². The molecule has 0 aromatic heterocycles. The molecule has 2 rings (SSSR count). The third-order valence-electron chi connectivity index (χ3n) is 4.14. The second-order valence-electron chi connectivity index (χ2n) is 5.98. The Hall–Kier alpha value is -1.63. The van der Waals surface area contributed by atoms with Crippen molar-refractivity contribution in [3.05, 3.63) is 34.9 Å². The van der Waals surface area contributed by atoms with E-state index in [0.717, 1.165) is 44.2 Å². The standard InChI is InChI=1S/C17H25ClN4O2/c1-19-17(24)20-16(23)7-10-21-8-2-9-22(12-11-21)13-14-3-5-15(18)6-4-14/h3-6H,2,7-13H2,1H3,(H2,19,20,23,24). The fraction of sp³-hybridized carbons (Fsp3) is 0.529. The zero-order valence-corrected chi connectivity index (χ0v) is 14.8. The third kappa shape index (κ3) is 6.47. The second-order valence-corrected chi connectivity index (χ2v) is 6.41. The van der Waals surface area contributed by atoms with E-state index < -0.39 is 6.03 Å². The van der Waals surface area contributed by atoms with Crippen LogP contribution >= 0.6 is 11.6 Å². The van der Waals surface area contributed by atoms with Crippen LogP contribution in [0.4, 0.5) is 4.79 Å². The molecule has 1 aliphatic rings. The van der Waals surface area contributed by atoms with E-state index in [-0.39, 0.29) is 5.91 Å². The topological polar surface area (TPSA) is 64.7 Å². The zero-order valence-electron chi connectivity index (χ0n) is 14.1. The summed E-state index contributed by atoms with van der Waals surface area (Å²) in [6, 6.07) is 7.52. The molecule has 1 saturated heterocycles. The maximum absolute atomic E-state index is 11.7. The maximum atomic E-state index is 11.7. The number of hydrogen-bond acceptors (Lipinski definition) is 4. The van der Waals surface area contributed by atoms with Crippen molar-refractivity contribution in [1.82, 2.24) is 20.4 Å². The average Bonchev–Trinajstić information content (AvgIpc) is 2.80. The highest BCUT2D eigenvalue weighted by atomic mass is 35.5. The van der Waals surface area contributed by atoms with Crippen molar-refractivity contribution in [3.63, 3.8) is 0 Å². The lowest BCUT2D eigenvalue weighted by molar-refractivity contribution is -0.120. The van der Waals surface area contributed by atoms with Crippen LogP contribution in [0, 0.1) is 0 Å². The first-order valence-corrected chi connectivity index (χ1v) is 8.65. The Morgan fingerprint density at radius 1 is 1.08 bits per heavy atom. The van der Waals surface area contributed by atoms with Crippen LogP contribution in [-0.2, 0) is 11.3 Å². The summed E-state index contributed by atoms with van der Waals surface area (Å²) < 4.78 is 0. The van der Waals surface area contributed by atoms with Gasteiger partial charge in [-0.15, -0.1) is 0 Å². The van der Waals surface area contributed by atoms with Crippen molar-refractivity contribution in [3.8, 4) is 0 Å². The molecule has 1 aromatic rings. The smallest absolute Gasteiger partial charge is 0.321 e. The van der Waals surface area contributed by atoms with E-state index in [1.807, 2.05) is 12.1 Å². The molecule has 1 aliphatic heterocycles. The molecule has 2 N–H and O–H groups in total. The van der Waals surface area contributed by atoms with Crippen LogP contribution in [0.2, 0.25) is 5.02 Å². The van der Waals surface area contributed by atoms with E-state index in [2.05, 4.69) is 32.6 Å². The first-order valence-electron chi connectivity index (χ1n) is 8.27. The highest BCUT2D eigenvalue weighted by molar-refractivity contribution is 6.30. The summed E-state index contributed by atoms with van der Waals surface area (Å²) in [5.41, 5.74) is 1.26. The van der Waals surface area contributed by atoms with Crippen molar-refractivity contribution in [1.29, 1.82) is 0 Å². The fourth-order valence-electron chi connectivity index (χ4n) is 2.77. The Kier molecular flexibility index (Phi) is 7.49. The molecule has 0 spiro atoms. The van der Waals surface area contributed by atoms with Crippen LogP contribution in [0.3, 0.4) is 0 Å². The van der Waals surface area contributed by atoms with Crippen molar-refractivity contribution in [2.24, 2.45) is 0 Å². The molecule has 0 unspecified atom stereocenters. The summed E-state index contributed by atoms with van der Waals surface area (Å²) >= 11 is 5.92. The Morgan fingerprint density at radius 2 is 1.75 bits per heavy atom. The van der Waals surface area contributed by atoms with Crippen molar-refractivity contribution < 1.29 is 9.59 Å². The molecular formula is C17H25ClN4O2. The summed E-state index contributed by atoms with van der Waals surface area (Å²) in [6.45, 7) is 5.52. The van der Waals surface area contributed by atoms with E-state index in [1.54, 1.807) is 0 Å². The summed E-state index contributed by atoms with van der Waals surface area (Å²) in [5.74, 6) is -0.239. The number of imide groups is 1. The molecule has 0 radical (unpaired) electrons. The largest absolute Gasteiger partial charge is 0.341 e. The number of benzene rings is 1. The number of carbonyl (C=O) groups is 2. The minimum absolute atomic E-state index is 0.239. The number of urea groups is 1. The number of amides is 3. The molecule has 6 nitrogen and oxygen atoms in total. The van der Waals surface area contributed by atoms with Gasteiger partial charge in [-0.3, -0.25) is 15.0 Å². The van der Waals surface area contributed by atoms with Crippen LogP contribution in [0.5, 0.6) is 0 Å². The second kappa shape index (κ2) is 9.61. The lowest BCUT2D eigenvalue weighted by Gasteiger charge is -2.21. The summed E-state index contributed by atoms with van der Waals surface area (Å²) in [4.78, 5) is 27.5. The highest BCUT2D eigenvalue weighted by Crippen LogP contribution is 2.13. The molecule has 0 atom stereocenters. The van der Waals surface area contributed by atoms with E-state index >= 15 is 0 Å². The minimum atomic E-state index is -0.454. The van der Waals surface area contributed by atoms with E-state index in [4.69, 9.17) is 11.6 Å².